The van der Waals surface area contributed by atoms with Gasteiger partial charge in [0.25, 0.3) is 5.56 Å². The average Bonchev–Trinajstić information content (AvgIpc) is 2.68. The van der Waals surface area contributed by atoms with Gasteiger partial charge in [-0.15, -0.1) is 0 Å². The van der Waals surface area contributed by atoms with Crippen molar-refractivity contribution in [1.82, 2.24) is 14.9 Å². The molecule has 1 aliphatic carbocycles. The number of likely N-dealkylation sites (N-methyl/N-ethyl adjacent to an activating group) is 1. The number of methoxy groups -OCH3 is 2. The van der Waals surface area contributed by atoms with Crippen LogP contribution in [0.25, 0.3) is 10.9 Å². The lowest BCUT2D eigenvalue weighted by Crippen LogP contribution is -2.42. The van der Waals surface area contributed by atoms with Crippen LogP contribution in [-0.4, -0.2) is 60.8 Å². The molecule has 3 rings (SSSR count). The maximum Gasteiger partial charge on any atom is 0.258 e. The quantitative estimate of drug-likeness (QED) is 0.826. The summed E-state index contributed by atoms with van der Waals surface area (Å²) in [6, 6.07) is 3.58. The molecule has 1 heterocycles. The van der Waals surface area contributed by atoms with Gasteiger partial charge in [0.05, 0.1) is 30.4 Å². The van der Waals surface area contributed by atoms with Gasteiger partial charge in [-0.3, -0.25) is 9.59 Å². The van der Waals surface area contributed by atoms with E-state index in [9.17, 15) is 9.59 Å². The van der Waals surface area contributed by atoms with Crippen LogP contribution in [0.15, 0.2) is 23.3 Å². The molecule has 1 N–H and O–H groups in total. The van der Waals surface area contributed by atoms with E-state index < -0.39 is 0 Å². The lowest BCUT2D eigenvalue weighted by Gasteiger charge is -2.34. The van der Waals surface area contributed by atoms with Gasteiger partial charge in [-0.25, -0.2) is 4.98 Å². The molecular formula is C19H25N3O5. The highest BCUT2D eigenvalue weighted by Crippen LogP contribution is 2.34. The Morgan fingerprint density at radius 3 is 2.63 bits per heavy atom. The third-order valence-corrected chi connectivity index (χ3v) is 5.07. The third-order valence-electron chi connectivity index (χ3n) is 5.07. The van der Waals surface area contributed by atoms with E-state index in [0.29, 0.717) is 22.4 Å². The smallest absolute Gasteiger partial charge is 0.258 e. The zero-order chi connectivity index (χ0) is 19.4. The fraction of sp³-hybridized carbons (Fsp3) is 0.526. The maximum atomic E-state index is 12.0. The van der Waals surface area contributed by atoms with Crippen LogP contribution in [0, 0.1) is 0 Å². The number of nitrogens with one attached hydrogen (secondary N) is 1. The molecule has 1 aliphatic rings. The van der Waals surface area contributed by atoms with E-state index in [4.69, 9.17) is 14.2 Å². The van der Waals surface area contributed by atoms with Crippen molar-refractivity contribution in [1.29, 1.82) is 0 Å². The molecule has 1 aromatic carbocycles. The minimum atomic E-state index is -0.213. The summed E-state index contributed by atoms with van der Waals surface area (Å²) in [6.07, 6.45) is 4.73. The van der Waals surface area contributed by atoms with Crippen LogP contribution >= 0.6 is 0 Å². The van der Waals surface area contributed by atoms with Crippen LogP contribution in [0.3, 0.4) is 0 Å². The number of ether oxygens (including phenoxy) is 3. The number of rotatable bonds is 6. The second-order valence-corrected chi connectivity index (χ2v) is 6.74. The average molecular weight is 375 g/mol. The maximum absolute atomic E-state index is 12.0. The molecule has 0 atom stereocenters. The summed E-state index contributed by atoms with van der Waals surface area (Å²) in [7, 11) is 4.90. The number of carbonyl (C=O) groups excluding carboxylic acids is 1. The molecule has 0 unspecified atom stereocenters. The van der Waals surface area contributed by atoms with E-state index in [1.807, 2.05) is 7.05 Å². The van der Waals surface area contributed by atoms with Gasteiger partial charge in [-0.05, 0) is 31.7 Å². The molecule has 2 aromatic rings. The Bertz CT molecular complexity index is 858. The van der Waals surface area contributed by atoms with Gasteiger partial charge in [0.2, 0.25) is 5.91 Å². The monoisotopic (exact) mass is 375 g/mol. The molecule has 0 bridgehead atoms. The SMILES string of the molecule is COCC(=O)N(C)C1CCC(Oc2cc3c(=O)[nH]cnc3cc2OC)CC1. The zero-order valence-electron chi connectivity index (χ0n) is 15.9. The minimum absolute atomic E-state index is 0.00859. The van der Waals surface area contributed by atoms with E-state index >= 15 is 0 Å². The van der Waals surface area contributed by atoms with Gasteiger partial charge >= 0.3 is 0 Å². The van der Waals surface area contributed by atoms with Gasteiger partial charge in [-0.2, -0.15) is 0 Å². The van der Waals surface area contributed by atoms with Crippen molar-refractivity contribution in [2.24, 2.45) is 0 Å². The summed E-state index contributed by atoms with van der Waals surface area (Å²) in [5.41, 5.74) is 0.347. The summed E-state index contributed by atoms with van der Waals surface area (Å²) in [5, 5.41) is 0.465. The summed E-state index contributed by atoms with van der Waals surface area (Å²) in [6.45, 7) is 0.101. The normalized spacial score (nSPS) is 19.7. The van der Waals surface area contributed by atoms with Crippen LogP contribution in [-0.2, 0) is 9.53 Å². The number of hydrogen-bond acceptors (Lipinski definition) is 6. The summed E-state index contributed by atoms with van der Waals surface area (Å²) in [4.78, 5) is 32.5. The first-order valence-electron chi connectivity index (χ1n) is 9.00. The number of hydrogen-bond donors (Lipinski definition) is 1. The Balaban J connectivity index is 1.69. The Labute approximate surface area is 157 Å². The first kappa shape index (κ1) is 19.2. The number of aromatic amines is 1. The molecule has 8 heteroatoms. The van der Waals surface area contributed by atoms with E-state index in [-0.39, 0.29) is 30.2 Å². The highest BCUT2D eigenvalue weighted by Gasteiger charge is 2.28. The molecule has 0 radical (unpaired) electrons. The molecule has 1 amide bonds. The van der Waals surface area contributed by atoms with Crippen LogP contribution < -0.4 is 15.0 Å². The lowest BCUT2D eigenvalue weighted by molar-refractivity contribution is -0.136. The van der Waals surface area contributed by atoms with E-state index in [0.717, 1.165) is 25.7 Å². The second-order valence-electron chi connectivity index (χ2n) is 6.74. The van der Waals surface area contributed by atoms with Crippen LogP contribution in [0.2, 0.25) is 0 Å². The van der Waals surface area contributed by atoms with Crippen molar-refractivity contribution in [2.45, 2.75) is 37.8 Å². The van der Waals surface area contributed by atoms with Crippen LogP contribution in [0.4, 0.5) is 0 Å². The number of amides is 1. The Morgan fingerprint density at radius 1 is 1.22 bits per heavy atom. The van der Waals surface area contributed by atoms with Crippen molar-refractivity contribution in [3.63, 3.8) is 0 Å². The van der Waals surface area contributed by atoms with Gasteiger partial charge in [0, 0.05) is 26.3 Å². The van der Waals surface area contributed by atoms with Gasteiger partial charge in [0.1, 0.15) is 6.61 Å². The van der Waals surface area contributed by atoms with Crippen molar-refractivity contribution in [3.05, 3.63) is 28.8 Å². The minimum Gasteiger partial charge on any atom is -0.493 e. The third kappa shape index (κ3) is 4.21. The lowest BCUT2D eigenvalue weighted by atomic mass is 9.92. The Morgan fingerprint density at radius 2 is 1.96 bits per heavy atom. The highest BCUT2D eigenvalue weighted by atomic mass is 16.5. The fourth-order valence-corrected chi connectivity index (χ4v) is 3.49. The molecule has 1 fully saturated rings. The second kappa shape index (κ2) is 8.39. The number of benzene rings is 1. The topological polar surface area (TPSA) is 93.8 Å². The number of aromatic nitrogens is 2. The number of carbonyl (C=O) groups is 1. The largest absolute Gasteiger partial charge is 0.493 e. The van der Waals surface area contributed by atoms with Crippen molar-refractivity contribution < 1.29 is 19.0 Å². The zero-order valence-corrected chi connectivity index (χ0v) is 15.9. The molecule has 8 nitrogen and oxygen atoms in total. The first-order valence-corrected chi connectivity index (χ1v) is 9.00. The van der Waals surface area contributed by atoms with Gasteiger partial charge < -0.3 is 24.1 Å². The van der Waals surface area contributed by atoms with Gasteiger partial charge in [-0.1, -0.05) is 0 Å². The van der Waals surface area contributed by atoms with E-state index in [1.54, 1.807) is 24.1 Å². The van der Waals surface area contributed by atoms with E-state index in [2.05, 4.69) is 9.97 Å². The predicted octanol–water partition coefficient (Wildman–Crippen LogP) is 1.73. The molecule has 146 valence electrons. The number of nitrogens with zero attached hydrogens (tertiary/aromatic N) is 2. The van der Waals surface area contributed by atoms with Crippen LogP contribution in [0.5, 0.6) is 11.5 Å². The van der Waals surface area contributed by atoms with E-state index in [1.165, 1.54) is 13.4 Å². The predicted molar refractivity (Wildman–Crippen MR) is 100 cm³/mol. The highest BCUT2D eigenvalue weighted by molar-refractivity contribution is 5.81. The molecule has 0 spiro atoms. The molecular weight excluding hydrogens is 350 g/mol. The molecule has 27 heavy (non-hydrogen) atoms. The van der Waals surface area contributed by atoms with Crippen molar-refractivity contribution in [2.75, 3.05) is 27.9 Å². The molecule has 1 saturated carbocycles. The first-order chi connectivity index (χ1) is 13.0. The van der Waals surface area contributed by atoms with Crippen molar-refractivity contribution in [3.8, 4) is 11.5 Å². The van der Waals surface area contributed by atoms with Crippen LogP contribution in [0.1, 0.15) is 25.7 Å². The number of fused-ring (bicyclic) bond motifs is 1. The molecule has 1 aromatic heterocycles. The molecule has 0 saturated heterocycles. The Hall–Kier alpha value is -2.61. The summed E-state index contributed by atoms with van der Waals surface area (Å²) >= 11 is 0. The van der Waals surface area contributed by atoms with Crippen molar-refractivity contribution >= 4 is 16.8 Å². The standard InChI is InChI=1S/C19H25N3O5/c1-22(18(23)10-25-2)12-4-6-13(7-5-12)27-17-8-14-15(9-16(17)26-3)20-11-21-19(14)24/h8-9,11-13H,4-7,10H2,1-3H3,(H,20,21,24). The fourth-order valence-electron chi connectivity index (χ4n) is 3.49. The Kier molecular flexibility index (Phi) is 5.95. The molecule has 0 aliphatic heterocycles. The van der Waals surface area contributed by atoms with Gasteiger partial charge in [0.15, 0.2) is 11.5 Å². The number of H-pyrrole nitrogens is 1. The summed E-state index contributed by atoms with van der Waals surface area (Å²) in [5.74, 6) is 1.08. The summed E-state index contributed by atoms with van der Waals surface area (Å²) < 4.78 is 16.5.